The zero-order valence-electron chi connectivity index (χ0n) is 10.5. The highest BCUT2D eigenvalue weighted by Crippen LogP contribution is 2.26. The first-order chi connectivity index (χ1) is 9.16. The van der Waals surface area contributed by atoms with E-state index in [2.05, 4.69) is 5.32 Å². The standard InChI is InChI=1S/C13H17NO3S2/c15-11(8-19-12-6-3-7-18-12)14-10-5-2-1-4-9(10)13(16)17/h3,6-7,9-10H,1-2,4-5,8H2,(H,14,15)(H,16,17). The number of thiophene rings is 1. The van der Waals surface area contributed by atoms with E-state index >= 15 is 0 Å². The molecule has 6 heteroatoms. The lowest BCUT2D eigenvalue weighted by Crippen LogP contribution is -2.45. The topological polar surface area (TPSA) is 66.4 Å². The first-order valence-corrected chi connectivity index (χ1v) is 8.22. The molecule has 2 rings (SSSR count). The number of carboxylic acid groups (broad SMARTS) is 1. The van der Waals surface area contributed by atoms with Gasteiger partial charge in [0.15, 0.2) is 0 Å². The number of carboxylic acids is 1. The summed E-state index contributed by atoms with van der Waals surface area (Å²) in [5.74, 6) is -0.944. The van der Waals surface area contributed by atoms with Gasteiger partial charge in [-0.25, -0.2) is 0 Å². The van der Waals surface area contributed by atoms with Gasteiger partial charge in [-0.1, -0.05) is 18.9 Å². The zero-order valence-corrected chi connectivity index (χ0v) is 12.1. The van der Waals surface area contributed by atoms with Crippen LogP contribution in [0.4, 0.5) is 0 Å². The van der Waals surface area contributed by atoms with Crippen LogP contribution >= 0.6 is 23.1 Å². The van der Waals surface area contributed by atoms with Crippen molar-refractivity contribution in [3.63, 3.8) is 0 Å². The van der Waals surface area contributed by atoms with Crippen molar-refractivity contribution in [2.75, 3.05) is 5.75 Å². The lowest BCUT2D eigenvalue weighted by atomic mass is 9.84. The van der Waals surface area contributed by atoms with Crippen LogP contribution < -0.4 is 5.32 Å². The molecule has 19 heavy (non-hydrogen) atoms. The number of hydrogen-bond acceptors (Lipinski definition) is 4. The summed E-state index contributed by atoms with van der Waals surface area (Å²) in [7, 11) is 0. The average molecular weight is 299 g/mol. The van der Waals surface area contributed by atoms with Crippen LogP contribution in [0, 0.1) is 5.92 Å². The third-order valence-electron chi connectivity index (χ3n) is 3.27. The van der Waals surface area contributed by atoms with Crippen molar-refractivity contribution in [2.24, 2.45) is 5.92 Å². The minimum absolute atomic E-state index is 0.0726. The van der Waals surface area contributed by atoms with Gasteiger partial charge in [0.2, 0.25) is 5.91 Å². The second kappa shape index (κ2) is 6.96. The molecule has 1 fully saturated rings. The summed E-state index contributed by atoms with van der Waals surface area (Å²) < 4.78 is 1.11. The number of nitrogens with one attached hydrogen (secondary N) is 1. The largest absolute Gasteiger partial charge is 0.481 e. The normalized spacial score (nSPS) is 22.9. The Balaban J connectivity index is 1.81. The summed E-state index contributed by atoms with van der Waals surface area (Å²) >= 11 is 3.10. The van der Waals surface area contributed by atoms with Crippen LogP contribution in [-0.4, -0.2) is 28.8 Å². The number of aliphatic carboxylic acids is 1. The van der Waals surface area contributed by atoms with Crippen molar-refractivity contribution in [3.8, 4) is 0 Å². The van der Waals surface area contributed by atoms with E-state index in [1.807, 2.05) is 17.5 Å². The fourth-order valence-electron chi connectivity index (χ4n) is 2.33. The van der Waals surface area contributed by atoms with Gasteiger partial charge in [0.1, 0.15) is 0 Å². The van der Waals surface area contributed by atoms with Crippen molar-refractivity contribution in [1.82, 2.24) is 5.32 Å². The molecule has 0 saturated heterocycles. The van der Waals surface area contributed by atoms with Gasteiger partial charge in [0, 0.05) is 6.04 Å². The minimum Gasteiger partial charge on any atom is -0.481 e. The molecular formula is C13H17NO3S2. The molecule has 4 nitrogen and oxygen atoms in total. The summed E-state index contributed by atoms with van der Waals surface area (Å²) in [6, 6.07) is 3.72. The van der Waals surface area contributed by atoms with Gasteiger partial charge in [-0.15, -0.1) is 23.1 Å². The van der Waals surface area contributed by atoms with Gasteiger partial charge in [-0.3, -0.25) is 9.59 Å². The molecule has 2 atom stereocenters. The Morgan fingerprint density at radius 2 is 2.21 bits per heavy atom. The maximum atomic E-state index is 11.9. The Bertz CT molecular complexity index is 433. The summed E-state index contributed by atoms with van der Waals surface area (Å²) in [6.07, 6.45) is 3.37. The van der Waals surface area contributed by atoms with Gasteiger partial charge in [-0.05, 0) is 24.3 Å². The van der Waals surface area contributed by atoms with E-state index in [0.29, 0.717) is 12.2 Å². The Morgan fingerprint density at radius 1 is 1.42 bits per heavy atom. The molecule has 1 aromatic rings. The highest BCUT2D eigenvalue weighted by Gasteiger charge is 2.31. The van der Waals surface area contributed by atoms with Crippen molar-refractivity contribution in [1.29, 1.82) is 0 Å². The van der Waals surface area contributed by atoms with Crippen molar-refractivity contribution < 1.29 is 14.7 Å². The number of thioether (sulfide) groups is 1. The summed E-state index contributed by atoms with van der Waals surface area (Å²) in [6.45, 7) is 0. The maximum Gasteiger partial charge on any atom is 0.308 e. The fraction of sp³-hybridized carbons (Fsp3) is 0.538. The second-order valence-corrected chi connectivity index (χ2v) is 6.85. The van der Waals surface area contributed by atoms with E-state index in [1.54, 1.807) is 11.3 Å². The minimum atomic E-state index is -0.795. The predicted octanol–water partition coefficient (Wildman–Crippen LogP) is 2.60. The monoisotopic (exact) mass is 299 g/mol. The van der Waals surface area contributed by atoms with E-state index in [4.69, 9.17) is 5.11 Å². The van der Waals surface area contributed by atoms with Crippen molar-refractivity contribution in [2.45, 2.75) is 35.9 Å². The van der Waals surface area contributed by atoms with Crippen LogP contribution in [-0.2, 0) is 9.59 Å². The van der Waals surface area contributed by atoms with Crippen LogP contribution in [0.15, 0.2) is 21.7 Å². The fourth-order valence-corrected chi connectivity index (χ4v) is 3.93. The van der Waals surface area contributed by atoms with E-state index in [0.717, 1.165) is 23.5 Å². The molecule has 0 aliphatic heterocycles. The quantitative estimate of drug-likeness (QED) is 0.820. The van der Waals surface area contributed by atoms with Gasteiger partial charge >= 0.3 is 5.97 Å². The molecule has 1 aliphatic rings. The van der Waals surface area contributed by atoms with Crippen LogP contribution in [0.3, 0.4) is 0 Å². The van der Waals surface area contributed by atoms with Crippen molar-refractivity contribution >= 4 is 35.0 Å². The average Bonchev–Trinajstić information content (AvgIpc) is 2.90. The first kappa shape index (κ1) is 14.4. The van der Waals surface area contributed by atoms with Gasteiger partial charge in [0.05, 0.1) is 15.9 Å². The smallest absolute Gasteiger partial charge is 0.308 e. The SMILES string of the molecule is O=C(CSc1cccs1)NC1CCCCC1C(=O)O. The van der Waals surface area contributed by atoms with Gasteiger partial charge < -0.3 is 10.4 Å². The Morgan fingerprint density at radius 3 is 2.89 bits per heavy atom. The second-order valence-electron chi connectivity index (χ2n) is 4.62. The van der Waals surface area contributed by atoms with Crippen molar-refractivity contribution in [3.05, 3.63) is 17.5 Å². The lowest BCUT2D eigenvalue weighted by Gasteiger charge is -2.29. The third-order valence-corrected chi connectivity index (χ3v) is 5.40. The van der Waals surface area contributed by atoms with Crippen LogP contribution in [0.25, 0.3) is 0 Å². The van der Waals surface area contributed by atoms with Crippen LogP contribution in [0.1, 0.15) is 25.7 Å². The van der Waals surface area contributed by atoms with E-state index < -0.39 is 11.9 Å². The van der Waals surface area contributed by atoms with Crippen LogP contribution in [0.5, 0.6) is 0 Å². The molecule has 0 aromatic carbocycles. The van der Waals surface area contributed by atoms with E-state index in [-0.39, 0.29) is 11.9 Å². The molecule has 1 saturated carbocycles. The molecule has 2 unspecified atom stereocenters. The number of carbonyl (C=O) groups excluding carboxylic acids is 1. The number of hydrogen-bond donors (Lipinski definition) is 2. The molecule has 1 heterocycles. The molecule has 0 radical (unpaired) electrons. The molecule has 0 spiro atoms. The molecular weight excluding hydrogens is 282 g/mol. The Labute approximate surface area is 120 Å². The molecule has 1 aromatic heterocycles. The van der Waals surface area contributed by atoms with Gasteiger partial charge in [-0.2, -0.15) is 0 Å². The number of amides is 1. The zero-order chi connectivity index (χ0) is 13.7. The van der Waals surface area contributed by atoms with E-state index in [9.17, 15) is 9.59 Å². The highest BCUT2D eigenvalue weighted by atomic mass is 32.2. The number of rotatable bonds is 5. The molecule has 0 bridgehead atoms. The molecule has 1 amide bonds. The molecule has 104 valence electrons. The lowest BCUT2D eigenvalue weighted by molar-refractivity contribution is -0.144. The molecule has 1 aliphatic carbocycles. The third kappa shape index (κ3) is 4.24. The predicted molar refractivity (Wildman–Crippen MR) is 76.6 cm³/mol. The Kier molecular flexibility index (Phi) is 5.27. The summed E-state index contributed by atoms with van der Waals surface area (Å²) in [4.78, 5) is 23.0. The maximum absolute atomic E-state index is 11.9. The number of carbonyl (C=O) groups is 2. The Hall–Kier alpha value is -1.01. The first-order valence-electron chi connectivity index (χ1n) is 6.35. The highest BCUT2D eigenvalue weighted by molar-refractivity contribution is 8.01. The van der Waals surface area contributed by atoms with E-state index in [1.165, 1.54) is 11.8 Å². The van der Waals surface area contributed by atoms with Gasteiger partial charge in [0.25, 0.3) is 0 Å². The summed E-state index contributed by atoms with van der Waals surface area (Å²) in [5, 5.41) is 14.0. The van der Waals surface area contributed by atoms with Crippen LogP contribution in [0.2, 0.25) is 0 Å². The summed E-state index contributed by atoms with van der Waals surface area (Å²) in [5.41, 5.74) is 0. The molecule has 2 N–H and O–H groups in total.